The average Bonchev–Trinajstić information content (AvgIpc) is 2.46. The lowest BCUT2D eigenvalue weighted by Crippen LogP contribution is -2.21. The van der Waals surface area contributed by atoms with Crippen molar-refractivity contribution in [2.24, 2.45) is 0 Å². The van der Waals surface area contributed by atoms with Crippen molar-refractivity contribution in [2.75, 3.05) is 11.9 Å². The number of ether oxygens (including phenoxy) is 1. The molecule has 2 rings (SSSR count). The predicted octanol–water partition coefficient (Wildman–Crippen LogP) is 4.25. The van der Waals surface area contributed by atoms with E-state index < -0.39 is 0 Å². The van der Waals surface area contributed by atoms with Crippen LogP contribution in [0.5, 0.6) is 5.75 Å². The Bertz CT molecular complexity index is 705. The van der Waals surface area contributed by atoms with Crippen molar-refractivity contribution in [1.29, 1.82) is 0 Å². The van der Waals surface area contributed by atoms with E-state index in [0.29, 0.717) is 0 Å². The van der Waals surface area contributed by atoms with E-state index in [1.807, 2.05) is 58.9 Å². The first-order valence-electron chi connectivity index (χ1n) is 7.45. The lowest BCUT2D eigenvalue weighted by molar-refractivity contribution is -0.118. The molecule has 1 amide bonds. The Labute approximate surface area is 132 Å². The molecule has 0 aliphatic rings. The van der Waals surface area contributed by atoms with Gasteiger partial charge in [-0.05, 0) is 74.6 Å². The molecule has 0 saturated carbocycles. The van der Waals surface area contributed by atoms with Gasteiger partial charge >= 0.3 is 0 Å². The smallest absolute Gasteiger partial charge is 0.262 e. The molecular formula is C19H23NO2. The van der Waals surface area contributed by atoms with Gasteiger partial charge in [-0.3, -0.25) is 4.79 Å². The topological polar surface area (TPSA) is 38.3 Å². The van der Waals surface area contributed by atoms with Gasteiger partial charge in [0, 0.05) is 5.69 Å². The van der Waals surface area contributed by atoms with Gasteiger partial charge in [-0.1, -0.05) is 18.2 Å². The number of benzene rings is 2. The lowest BCUT2D eigenvalue weighted by atomic mass is 10.1. The molecule has 0 heterocycles. The molecule has 3 nitrogen and oxygen atoms in total. The molecule has 0 saturated heterocycles. The van der Waals surface area contributed by atoms with Crippen molar-refractivity contribution >= 4 is 11.6 Å². The summed E-state index contributed by atoms with van der Waals surface area (Å²) in [5.74, 6) is 0.626. The maximum absolute atomic E-state index is 12.1. The van der Waals surface area contributed by atoms with Crippen LogP contribution in [0, 0.1) is 34.6 Å². The number of hydrogen-bond donors (Lipinski definition) is 1. The maximum atomic E-state index is 12.1. The highest BCUT2D eigenvalue weighted by Crippen LogP contribution is 2.23. The first kappa shape index (κ1) is 16.1. The minimum atomic E-state index is -0.146. The number of hydrogen-bond acceptors (Lipinski definition) is 2. The van der Waals surface area contributed by atoms with Gasteiger partial charge in [0.05, 0.1) is 0 Å². The van der Waals surface area contributed by atoms with Gasteiger partial charge in [0.25, 0.3) is 5.91 Å². The number of nitrogens with one attached hydrogen (secondary N) is 1. The number of rotatable bonds is 4. The number of carbonyl (C=O) groups is 1. The van der Waals surface area contributed by atoms with Crippen molar-refractivity contribution in [2.45, 2.75) is 34.6 Å². The monoisotopic (exact) mass is 297 g/mol. The summed E-state index contributed by atoms with van der Waals surface area (Å²) >= 11 is 0. The average molecular weight is 297 g/mol. The summed E-state index contributed by atoms with van der Waals surface area (Å²) in [6.07, 6.45) is 0. The molecule has 22 heavy (non-hydrogen) atoms. The minimum absolute atomic E-state index is 0.0110. The minimum Gasteiger partial charge on any atom is -0.483 e. The quantitative estimate of drug-likeness (QED) is 0.916. The van der Waals surface area contributed by atoms with E-state index in [9.17, 15) is 4.79 Å². The van der Waals surface area contributed by atoms with Gasteiger partial charge in [0.1, 0.15) is 5.75 Å². The van der Waals surface area contributed by atoms with Crippen LogP contribution < -0.4 is 10.1 Å². The largest absolute Gasteiger partial charge is 0.483 e. The van der Waals surface area contributed by atoms with Crippen molar-refractivity contribution < 1.29 is 9.53 Å². The SMILES string of the molecule is Cc1cc(C)c(C)c(OCC(=O)Nc2cccc(C)c2C)c1. The third kappa shape index (κ3) is 3.67. The van der Waals surface area contributed by atoms with E-state index in [4.69, 9.17) is 4.74 Å². The van der Waals surface area contributed by atoms with Crippen LogP contribution in [0.4, 0.5) is 5.69 Å². The third-order valence-corrected chi connectivity index (χ3v) is 4.00. The molecule has 0 aliphatic heterocycles. The van der Waals surface area contributed by atoms with Gasteiger partial charge in [-0.15, -0.1) is 0 Å². The highest BCUT2D eigenvalue weighted by atomic mass is 16.5. The van der Waals surface area contributed by atoms with Gasteiger partial charge in [0.2, 0.25) is 0 Å². The molecule has 116 valence electrons. The van der Waals surface area contributed by atoms with E-state index in [2.05, 4.69) is 11.4 Å². The zero-order chi connectivity index (χ0) is 16.3. The van der Waals surface area contributed by atoms with Crippen LogP contribution in [0.3, 0.4) is 0 Å². The Morgan fingerprint density at radius 2 is 1.73 bits per heavy atom. The van der Waals surface area contributed by atoms with Crippen LogP contribution in [0.15, 0.2) is 30.3 Å². The summed E-state index contributed by atoms with van der Waals surface area (Å²) in [6.45, 7) is 10.1. The Kier molecular flexibility index (Phi) is 4.86. The molecule has 0 fully saturated rings. The van der Waals surface area contributed by atoms with E-state index in [1.165, 1.54) is 5.56 Å². The highest BCUT2D eigenvalue weighted by Gasteiger charge is 2.09. The van der Waals surface area contributed by atoms with Crippen LogP contribution in [-0.2, 0) is 4.79 Å². The fourth-order valence-electron chi connectivity index (χ4n) is 2.37. The van der Waals surface area contributed by atoms with Crippen molar-refractivity contribution in [3.63, 3.8) is 0 Å². The van der Waals surface area contributed by atoms with Crippen molar-refractivity contribution in [1.82, 2.24) is 0 Å². The number of aryl methyl sites for hydroxylation is 3. The molecule has 3 heteroatoms. The highest BCUT2D eigenvalue weighted by molar-refractivity contribution is 5.92. The van der Waals surface area contributed by atoms with Crippen molar-refractivity contribution in [3.05, 3.63) is 58.1 Å². The van der Waals surface area contributed by atoms with Crippen LogP contribution in [-0.4, -0.2) is 12.5 Å². The first-order valence-corrected chi connectivity index (χ1v) is 7.45. The van der Waals surface area contributed by atoms with Gasteiger partial charge in [-0.2, -0.15) is 0 Å². The fraction of sp³-hybridized carbons (Fsp3) is 0.316. The van der Waals surface area contributed by atoms with Crippen LogP contribution >= 0.6 is 0 Å². The van der Waals surface area contributed by atoms with Crippen LogP contribution in [0.2, 0.25) is 0 Å². The molecular weight excluding hydrogens is 274 g/mol. The predicted molar refractivity (Wildman–Crippen MR) is 90.7 cm³/mol. The van der Waals surface area contributed by atoms with E-state index >= 15 is 0 Å². The fourth-order valence-corrected chi connectivity index (χ4v) is 2.37. The molecule has 0 radical (unpaired) electrons. The second kappa shape index (κ2) is 6.65. The number of amides is 1. The summed E-state index contributed by atoms with van der Waals surface area (Å²) in [7, 11) is 0. The molecule has 0 aliphatic carbocycles. The second-order valence-electron chi connectivity index (χ2n) is 5.79. The standard InChI is InChI=1S/C19H23NO2/c1-12-9-14(3)16(5)18(10-12)22-11-19(21)20-17-8-6-7-13(2)15(17)4/h6-10H,11H2,1-5H3,(H,20,21). The molecule has 0 atom stereocenters. The van der Waals surface area contributed by atoms with E-state index in [0.717, 1.165) is 33.7 Å². The Morgan fingerprint density at radius 3 is 2.45 bits per heavy atom. The Balaban J connectivity index is 2.03. The zero-order valence-electron chi connectivity index (χ0n) is 13.9. The molecule has 0 bridgehead atoms. The van der Waals surface area contributed by atoms with Gasteiger partial charge in [0.15, 0.2) is 6.61 Å². The number of anilines is 1. The number of carbonyl (C=O) groups excluding carboxylic acids is 1. The lowest BCUT2D eigenvalue weighted by Gasteiger charge is -2.13. The third-order valence-electron chi connectivity index (χ3n) is 4.00. The summed E-state index contributed by atoms with van der Waals surface area (Å²) in [6, 6.07) is 9.95. The first-order chi connectivity index (χ1) is 10.4. The molecule has 1 N–H and O–H groups in total. The molecule has 2 aromatic rings. The Morgan fingerprint density at radius 1 is 1.00 bits per heavy atom. The molecule has 0 unspecified atom stereocenters. The summed E-state index contributed by atoms with van der Waals surface area (Å²) < 4.78 is 5.69. The summed E-state index contributed by atoms with van der Waals surface area (Å²) in [5, 5.41) is 2.91. The maximum Gasteiger partial charge on any atom is 0.262 e. The van der Waals surface area contributed by atoms with E-state index in [1.54, 1.807) is 0 Å². The normalized spacial score (nSPS) is 10.4. The van der Waals surface area contributed by atoms with Crippen LogP contribution in [0.25, 0.3) is 0 Å². The van der Waals surface area contributed by atoms with Gasteiger partial charge < -0.3 is 10.1 Å². The summed E-state index contributed by atoms with van der Waals surface area (Å²) in [5.41, 5.74) is 6.45. The second-order valence-corrected chi connectivity index (χ2v) is 5.79. The zero-order valence-corrected chi connectivity index (χ0v) is 13.9. The summed E-state index contributed by atoms with van der Waals surface area (Å²) in [4.78, 5) is 12.1. The van der Waals surface area contributed by atoms with E-state index in [-0.39, 0.29) is 12.5 Å². The van der Waals surface area contributed by atoms with Crippen LogP contribution in [0.1, 0.15) is 27.8 Å². The molecule has 0 aromatic heterocycles. The Hall–Kier alpha value is -2.29. The molecule has 2 aromatic carbocycles. The van der Waals surface area contributed by atoms with Crippen molar-refractivity contribution in [3.8, 4) is 5.75 Å². The molecule has 0 spiro atoms. The van der Waals surface area contributed by atoms with Gasteiger partial charge in [-0.25, -0.2) is 0 Å².